The van der Waals surface area contributed by atoms with E-state index in [0.717, 1.165) is 3.57 Å². The Balaban J connectivity index is 1.66. The van der Waals surface area contributed by atoms with Crippen molar-refractivity contribution in [2.45, 2.75) is 0 Å². The van der Waals surface area contributed by atoms with Crippen LogP contribution in [0.4, 0.5) is 5.69 Å². The highest BCUT2D eigenvalue weighted by molar-refractivity contribution is 14.1. The number of hydrogen-bond donors (Lipinski definition) is 0. The number of hydrogen-bond acceptors (Lipinski definition) is 6. The first kappa shape index (κ1) is 18.1. The van der Waals surface area contributed by atoms with Crippen LogP contribution in [0.5, 0.6) is 0 Å². The molecule has 0 spiro atoms. The molecule has 1 aliphatic heterocycles. The number of para-hydroxylation sites is 1. The first-order chi connectivity index (χ1) is 13.5. The van der Waals surface area contributed by atoms with Crippen molar-refractivity contribution in [1.82, 2.24) is 0 Å². The quantitative estimate of drug-likeness (QED) is 0.174. The number of nitro benzene ring substituents is 1. The molecule has 0 amide bonds. The molecule has 0 saturated carbocycles. The van der Waals surface area contributed by atoms with Gasteiger partial charge in [-0.05, 0) is 59.0 Å². The Morgan fingerprint density at radius 3 is 2.68 bits per heavy atom. The third-order valence-electron chi connectivity index (χ3n) is 3.96. The largest absolute Gasteiger partial charge is 0.456 e. The molecular formula is C20H11IN2O5. The minimum atomic E-state index is -0.586. The van der Waals surface area contributed by atoms with Crippen LogP contribution in [0.2, 0.25) is 0 Å². The molecule has 2 heterocycles. The highest BCUT2D eigenvalue weighted by Crippen LogP contribution is 2.31. The maximum absolute atomic E-state index is 12.1. The number of rotatable bonds is 4. The van der Waals surface area contributed by atoms with Gasteiger partial charge in [0.2, 0.25) is 5.90 Å². The number of cyclic esters (lactones) is 1. The summed E-state index contributed by atoms with van der Waals surface area (Å²) in [5.74, 6) is 0.304. The van der Waals surface area contributed by atoms with Gasteiger partial charge in [-0.2, -0.15) is 0 Å². The normalized spacial score (nSPS) is 14.8. The fraction of sp³-hybridized carbons (Fsp3) is 0. The van der Waals surface area contributed by atoms with Crippen molar-refractivity contribution >= 4 is 46.2 Å². The van der Waals surface area contributed by atoms with Gasteiger partial charge in [-0.3, -0.25) is 10.1 Å². The van der Waals surface area contributed by atoms with E-state index in [-0.39, 0.29) is 17.3 Å². The van der Waals surface area contributed by atoms with E-state index in [1.54, 1.807) is 36.4 Å². The summed E-state index contributed by atoms with van der Waals surface area (Å²) in [6.45, 7) is 0. The van der Waals surface area contributed by atoms with Crippen molar-refractivity contribution in [2.75, 3.05) is 0 Å². The molecule has 28 heavy (non-hydrogen) atoms. The summed E-state index contributed by atoms with van der Waals surface area (Å²) in [7, 11) is 0. The first-order valence-corrected chi connectivity index (χ1v) is 9.21. The van der Waals surface area contributed by atoms with Gasteiger partial charge in [-0.25, -0.2) is 9.79 Å². The van der Waals surface area contributed by atoms with Gasteiger partial charge in [0.25, 0.3) is 5.69 Å². The summed E-state index contributed by atoms with van der Waals surface area (Å²) in [4.78, 5) is 27.1. The summed E-state index contributed by atoms with van der Waals surface area (Å²) in [5.41, 5.74) is 1.09. The molecule has 3 aromatic rings. The SMILES string of the molecule is O=C1OC(c2cccc(I)c2)=N/C1=C\c1ccc(-c2ccccc2[N+](=O)[O-])o1. The van der Waals surface area contributed by atoms with Gasteiger partial charge < -0.3 is 9.15 Å². The molecule has 2 aromatic carbocycles. The Kier molecular flexibility index (Phi) is 4.78. The van der Waals surface area contributed by atoms with Crippen molar-refractivity contribution < 1.29 is 18.9 Å². The predicted molar refractivity (Wildman–Crippen MR) is 111 cm³/mol. The second-order valence-electron chi connectivity index (χ2n) is 5.82. The van der Waals surface area contributed by atoms with E-state index in [0.29, 0.717) is 22.6 Å². The zero-order valence-electron chi connectivity index (χ0n) is 14.2. The Hall–Kier alpha value is -3.27. The summed E-state index contributed by atoms with van der Waals surface area (Å²) in [6.07, 6.45) is 1.45. The van der Waals surface area contributed by atoms with Gasteiger partial charge in [-0.1, -0.05) is 18.2 Å². The molecule has 138 valence electrons. The topological polar surface area (TPSA) is 94.9 Å². The Bertz CT molecular complexity index is 1160. The van der Waals surface area contributed by atoms with Crippen LogP contribution >= 0.6 is 22.6 Å². The molecule has 0 bridgehead atoms. The van der Waals surface area contributed by atoms with Gasteiger partial charge in [0.1, 0.15) is 11.5 Å². The Labute approximate surface area is 172 Å². The fourth-order valence-corrected chi connectivity index (χ4v) is 3.25. The van der Waals surface area contributed by atoms with Gasteiger partial charge in [0.05, 0.1) is 10.5 Å². The van der Waals surface area contributed by atoms with Crippen LogP contribution in [0.1, 0.15) is 11.3 Å². The van der Waals surface area contributed by atoms with E-state index in [2.05, 4.69) is 27.6 Å². The first-order valence-electron chi connectivity index (χ1n) is 8.13. The zero-order valence-corrected chi connectivity index (χ0v) is 16.3. The van der Waals surface area contributed by atoms with Gasteiger partial charge in [-0.15, -0.1) is 0 Å². The van der Waals surface area contributed by atoms with Crippen LogP contribution in [0.15, 0.2) is 75.8 Å². The lowest BCUT2D eigenvalue weighted by Crippen LogP contribution is -2.05. The highest BCUT2D eigenvalue weighted by atomic mass is 127. The van der Waals surface area contributed by atoms with Crippen molar-refractivity contribution in [3.8, 4) is 11.3 Å². The molecule has 0 saturated heterocycles. The van der Waals surface area contributed by atoms with Crippen LogP contribution in [0, 0.1) is 13.7 Å². The van der Waals surface area contributed by atoms with E-state index < -0.39 is 10.9 Å². The lowest BCUT2D eigenvalue weighted by Gasteiger charge is -1.99. The second kappa shape index (κ2) is 7.39. The molecule has 7 nitrogen and oxygen atoms in total. The van der Waals surface area contributed by atoms with Crippen molar-refractivity contribution in [1.29, 1.82) is 0 Å². The van der Waals surface area contributed by atoms with Crippen LogP contribution < -0.4 is 0 Å². The average molecular weight is 486 g/mol. The highest BCUT2D eigenvalue weighted by Gasteiger charge is 2.25. The molecule has 0 radical (unpaired) electrons. The van der Waals surface area contributed by atoms with Gasteiger partial charge in [0.15, 0.2) is 5.70 Å². The van der Waals surface area contributed by atoms with E-state index in [1.165, 1.54) is 12.1 Å². The standard InChI is InChI=1S/C20H11IN2O5/c21-13-5-3-4-12(10-13)19-22-16(20(24)28-19)11-14-8-9-18(27-14)15-6-1-2-7-17(15)23(25)26/h1-11H/b16-11-. The molecular weight excluding hydrogens is 475 g/mol. The molecule has 0 N–H and O–H groups in total. The lowest BCUT2D eigenvalue weighted by atomic mass is 10.1. The molecule has 1 aromatic heterocycles. The lowest BCUT2D eigenvalue weighted by molar-refractivity contribution is -0.384. The summed E-state index contributed by atoms with van der Waals surface area (Å²) >= 11 is 2.16. The van der Waals surface area contributed by atoms with Gasteiger partial charge >= 0.3 is 5.97 Å². The number of carbonyl (C=O) groups excluding carboxylic acids is 1. The van der Waals surface area contributed by atoms with Crippen LogP contribution in [0.3, 0.4) is 0 Å². The number of nitro groups is 1. The maximum atomic E-state index is 12.1. The maximum Gasteiger partial charge on any atom is 0.363 e. The Morgan fingerprint density at radius 1 is 1.07 bits per heavy atom. The molecule has 8 heteroatoms. The summed E-state index contributed by atoms with van der Waals surface area (Å²) < 4.78 is 11.9. The Morgan fingerprint density at radius 2 is 1.89 bits per heavy atom. The van der Waals surface area contributed by atoms with Crippen molar-refractivity contribution in [3.05, 3.63) is 91.4 Å². The number of ether oxygens (including phenoxy) is 1. The smallest absolute Gasteiger partial charge is 0.363 e. The number of esters is 1. The molecule has 0 unspecified atom stereocenters. The third-order valence-corrected chi connectivity index (χ3v) is 4.64. The predicted octanol–water partition coefficient (Wildman–Crippen LogP) is 4.80. The summed E-state index contributed by atoms with van der Waals surface area (Å²) in [5, 5.41) is 11.2. The van der Waals surface area contributed by atoms with Crippen molar-refractivity contribution in [3.63, 3.8) is 0 Å². The number of carbonyl (C=O) groups is 1. The van der Waals surface area contributed by atoms with E-state index in [1.807, 2.05) is 18.2 Å². The van der Waals surface area contributed by atoms with Crippen LogP contribution in [0.25, 0.3) is 17.4 Å². The van der Waals surface area contributed by atoms with Crippen LogP contribution in [-0.4, -0.2) is 16.8 Å². The fourth-order valence-electron chi connectivity index (χ4n) is 2.71. The summed E-state index contributed by atoms with van der Waals surface area (Å²) in [6, 6.07) is 16.9. The van der Waals surface area contributed by atoms with E-state index >= 15 is 0 Å². The van der Waals surface area contributed by atoms with E-state index in [4.69, 9.17) is 9.15 Å². The molecule has 0 aliphatic carbocycles. The van der Waals surface area contributed by atoms with Gasteiger partial charge in [0, 0.05) is 21.3 Å². The number of halogens is 1. The molecule has 0 fully saturated rings. The molecule has 4 rings (SSSR count). The minimum Gasteiger partial charge on any atom is -0.456 e. The number of aliphatic imine (C=N–C) groups is 1. The minimum absolute atomic E-state index is 0.0599. The number of furan rings is 1. The van der Waals surface area contributed by atoms with E-state index in [9.17, 15) is 14.9 Å². The number of benzene rings is 2. The second-order valence-corrected chi connectivity index (χ2v) is 7.07. The van der Waals surface area contributed by atoms with Crippen LogP contribution in [-0.2, 0) is 9.53 Å². The van der Waals surface area contributed by atoms with Crippen molar-refractivity contribution in [2.24, 2.45) is 4.99 Å². The molecule has 0 atom stereocenters. The monoisotopic (exact) mass is 486 g/mol. The third kappa shape index (κ3) is 3.58. The average Bonchev–Trinajstić information content (AvgIpc) is 3.29. The number of nitrogens with zero attached hydrogens (tertiary/aromatic N) is 2. The molecule has 1 aliphatic rings. The zero-order chi connectivity index (χ0) is 19.7.